The number of hydrogen-bond acceptors (Lipinski definition) is 13. The Morgan fingerprint density at radius 3 is 2.06 bits per heavy atom. The van der Waals surface area contributed by atoms with Crippen LogP contribution < -0.4 is 20.0 Å². The minimum absolute atomic E-state index is 0.0607. The molecule has 3 aliphatic heterocycles. The maximum absolute atomic E-state index is 14.3. The van der Waals surface area contributed by atoms with Crippen LogP contribution in [0.15, 0.2) is 61.2 Å². The molecule has 3 fully saturated rings. The van der Waals surface area contributed by atoms with Crippen LogP contribution >= 0.6 is 11.6 Å². The van der Waals surface area contributed by atoms with E-state index in [0.717, 1.165) is 66.2 Å². The Morgan fingerprint density at radius 1 is 0.778 bits per heavy atom. The fourth-order valence-electron chi connectivity index (χ4n) is 6.59. The molecule has 1 aromatic carbocycles. The van der Waals surface area contributed by atoms with E-state index in [0.29, 0.717) is 75.3 Å². The molecule has 8 rings (SSSR count). The van der Waals surface area contributed by atoms with Gasteiger partial charge in [0.1, 0.15) is 11.6 Å². The van der Waals surface area contributed by atoms with Gasteiger partial charge < -0.3 is 34.2 Å². The highest BCUT2D eigenvalue weighted by Crippen LogP contribution is 2.39. The van der Waals surface area contributed by atoms with E-state index in [4.69, 9.17) is 35.8 Å². The molecule has 3 aliphatic rings. The van der Waals surface area contributed by atoms with Crippen molar-refractivity contribution < 1.29 is 27.9 Å². The molecule has 17 heteroatoms. The van der Waals surface area contributed by atoms with Crippen LogP contribution in [0.25, 0.3) is 22.2 Å². The summed E-state index contributed by atoms with van der Waals surface area (Å²) < 4.78 is 44.7. The van der Waals surface area contributed by atoms with Crippen molar-refractivity contribution in [2.75, 3.05) is 98.9 Å². The number of nitro groups is 1. The first-order chi connectivity index (χ1) is 26.2. The highest BCUT2D eigenvalue weighted by molar-refractivity contribution is 6.30. The molecular formula is C37H38ClF2N9O5. The lowest BCUT2D eigenvalue weighted by molar-refractivity contribution is -0.384. The summed E-state index contributed by atoms with van der Waals surface area (Å²) in [6, 6.07) is 9.33. The maximum atomic E-state index is 14.3. The molecule has 0 atom stereocenters. The molecular weight excluding hydrogens is 724 g/mol. The molecule has 0 radical (unpaired) electrons. The normalized spacial score (nSPS) is 16.2. The van der Waals surface area contributed by atoms with Gasteiger partial charge in [-0.25, -0.2) is 23.7 Å². The molecule has 0 spiro atoms. The average molecular weight is 762 g/mol. The highest BCUT2D eigenvalue weighted by atomic mass is 35.5. The van der Waals surface area contributed by atoms with Gasteiger partial charge in [0.05, 0.1) is 90.3 Å². The average Bonchev–Trinajstić information content (AvgIpc) is 3.20. The lowest BCUT2D eigenvalue weighted by atomic mass is 10.0. The third kappa shape index (κ3) is 8.41. The van der Waals surface area contributed by atoms with Gasteiger partial charge in [-0.1, -0.05) is 11.6 Å². The first-order valence-corrected chi connectivity index (χ1v) is 17.9. The number of nitrogens with one attached hydrogen (secondary N) is 1. The summed E-state index contributed by atoms with van der Waals surface area (Å²) in [6.45, 7) is 9.84. The van der Waals surface area contributed by atoms with Gasteiger partial charge in [-0.2, -0.15) is 0 Å². The molecule has 14 nitrogen and oxygen atoms in total. The van der Waals surface area contributed by atoms with Crippen LogP contribution in [0.5, 0.6) is 0 Å². The van der Waals surface area contributed by atoms with Crippen molar-refractivity contribution in [3.05, 3.63) is 93.5 Å². The summed E-state index contributed by atoms with van der Waals surface area (Å²) in [5.74, 6) is 0.311. The van der Waals surface area contributed by atoms with Crippen molar-refractivity contribution in [1.82, 2.24) is 19.9 Å². The van der Waals surface area contributed by atoms with E-state index in [1.807, 2.05) is 18.0 Å². The minimum atomic E-state index is -0.469. The number of morpholine rings is 3. The second kappa shape index (κ2) is 16.8. The van der Waals surface area contributed by atoms with Crippen molar-refractivity contribution in [2.24, 2.45) is 0 Å². The summed E-state index contributed by atoms with van der Waals surface area (Å²) in [5, 5.41) is 15.5. The topological polar surface area (TPSA) is 144 Å². The lowest BCUT2D eigenvalue weighted by Crippen LogP contribution is -2.38. The standard InChI is InChI=1S/C28H28F2N6O2.C9H10ClN3O3/c1-18-26(19-12-21(30)16-31-15-19)33-24-13-20(29)2-3-23(24)27(18)34-25-14-22(35-4-8-37-9-5-35)17-32-28(25)36-6-10-38-11-7-36;10-7-5-8(13(14)15)9(11-6-7)12-1-3-16-4-2-12/h2-3,12-17H,4-11H2,1H3,(H,33,34);5-6H,1-4H2. The summed E-state index contributed by atoms with van der Waals surface area (Å²) in [5.41, 5.74) is 4.81. The van der Waals surface area contributed by atoms with E-state index >= 15 is 0 Å². The van der Waals surface area contributed by atoms with E-state index in [1.165, 1.54) is 30.5 Å². The molecule has 3 saturated heterocycles. The second-order valence-corrected chi connectivity index (χ2v) is 13.2. The van der Waals surface area contributed by atoms with Gasteiger partial charge in [-0.3, -0.25) is 15.1 Å². The van der Waals surface area contributed by atoms with Gasteiger partial charge in [0, 0.05) is 74.7 Å². The first-order valence-electron chi connectivity index (χ1n) is 17.5. The Labute approximate surface area is 314 Å². The first kappa shape index (κ1) is 37.0. The molecule has 5 aromatic rings. The maximum Gasteiger partial charge on any atom is 0.313 e. The molecule has 1 N–H and O–H groups in total. The number of ether oxygens (including phenoxy) is 3. The molecule has 4 aromatic heterocycles. The second-order valence-electron chi connectivity index (χ2n) is 12.8. The van der Waals surface area contributed by atoms with Gasteiger partial charge in [-0.05, 0) is 36.8 Å². The number of hydrogen-bond donors (Lipinski definition) is 1. The SMILES string of the molecule is Cc1c(-c2cncc(F)c2)nc2cc(F)ccc2c1Nc1cc(N2CCOCC2)cnc1N1CCOCC1.O=[N+]([O-])c1cc(Cl)cnc1N1CCOCC1. The number of rotatable bonds is 7. The monoisotopic (exact) mass is 761 g/mol. The third-order valence-corrected chi connectivity index (χ3v) is 9.50. The fourth-order valence-corrected chi connectivity index (χ4v) is 6.74. The summed E-state index contributed by atoms with van der Waals surface area (Å²) >= 11 is 5.69. The highest BCUT2D eigenvalue weighted by Gasteiger charge is 2.24. The third-order valence-electron chi connectivity index (χ3n) is 9.29. The number of halogens is 3. The van der Waals surface area contributed by atoms with Crippen molar-refractivity contribution in [3.8, 4) is 11.3 Å². The number of benzene rings is 1. The largest absolute Gasteiger partial charge is 0.378 e. The van der Waals surface area contributed by atoms with Crippen LogP contribution in [0, 0.1) is 28.7 Å². The number of aromatic nitrogens is 4. The Kier molecular flexibility index (Phi) is 11.5. The Morgan fingerprint density at radius 2 is 1.41 bits per heavy atom. The quantitative estimate of drug-likeness (QED) is 0.149. The Balaban J connectivity index is 0.000000235. The van der Waals surface area contributed by atoms with Crippen LogP contribution in [-0.2, 0) is 14.2 Å². The fraction of sp³-hybridized carbons (Fsp3) is 0.351. The summed E-state index contributed by atoms with van der Waals surface area (Å²) in [6.07, 6.45) is 6.03. The molecule has 54 heavy (non-hydrogen) atoms. The number of fused-ring (bicyclic) bond motifs is 1. The molecule has 282 valence electrons. The smallest absolute Gasteiger partial charge is 0.313 e. The van der Waals surface area contributed by atoms with Crippen LogP contribution in [-0.4, -0.2) is 104 Å². The van der Waals surface area contributed by atoms with E-state index in [-0.39, 0.29) is 10.7 Å². The van der Waals surface area contributed by atoms with Gasteiger partial charge >= 0.3 is 5.69 Å². The number of pyridine rings is 4. The predicted molar refractivity (Wildman–Crippen MR) is 202 cm³/mol. The zero-order valence-electron chi connectivity index (χ0n) is 29.5. The van der Waals surface area contributed by atoms with Crippen LogP contribution in [0.3, 0.4) is 0 Å². The van der Waals surface area contributed by atoms with Gasteiger partial charge in [-0.15, -0.1) is 0 Å². The molecule has 0 unspecified atom stereocenters. The van der Waals surface area contributed by atoms with Crippen molar-refractivity contribution >= 4 is 56.9 Å². The van der Waals surface area contributed by atoms with Gasteiger partial charge in [0.15, 0.2) is 5.82 Å². The molecule has 0 aliphatic carbocycles. The van der Waals surface area contributed by atoms with E-state index in [1.54, 1.807) is 12.3 Å². The molecule has 7 heterocycles. The van der Waals surface area contributed by atoms with E-state index < -0.39 is 16.6 Å². The summed E-state index contributed by atoms with van der Waals surface area (Å²) in [4.78, 5) is 34.3. The van der Waals surface area contributed by atoms with Gasteiger partial charge in [0.25, 0.3) is 0 Å². The molecule has 0 amide bonds. The van der Waals surface area contributed by atoms with Gasteiger partial charge in [0.2, 0.25) is 5.82 Å². The number of anilines is 5. The lowest BCUT2D eigenvalue weighted by Gasteiger charge is -2.32. The van der Waals surface area contributed by atoms with Crippen LogP contribution in [0.4, 0.5) is 43.2 Å². The van der Waals surface area contributed by atoms with E-state index in [2.05, 4.69) is 31.2 Å². The molecule has 0 bridgehead atoms. The summed E-state index contributed by atoms with van der Waals surface area (Å²) in [7, 11) is 0. The minimum Gasteiger partial charge on any atom is -0.378 e. The van der Waals surface area contributed by atoms with E-state index in [9.17, 15) is 18.9 Å². The molecule has 0 saturated carbocycles. The zero-order chi connectivity index (χ0) is 37.6. The Hall–Kier alpha value is -5.29. The van der Waals surface area contributed by atoms with Crippen molar-refractivity contribution in [3.63, 3.8) is 0 Å². The van der Waals surface area contributed by atoms with Crippen LogP contribution in [0.1, 0.15) is 5.56 Å². The predicted octanol–water partition coefficient (Wildman–Crippen LogP) is 6.18. The number of nitrogens with zero attached hydrogens (tertiary/aromatic N) is 8. The van der Waals surface area contributed by atoms with Crippen molar-refractivity contribution in [1.29, 1.82) is 0 Å². The van der Waals surface area contributed by atoms with Crippen LogP contribution in [0.2, 0.25) is 5.02 Å². The Bertz CT molecular complexity index is 2130. The van der Waals surface area contributed by atoms with Crippen molar-refractivity contribution in [2.45, 2.75) is 6.92 Å². The zero-order valence-corrected chi connectivity index (χ0v) is 30.3.